The predicted octanol–water partition coefficient (Wildman–Crippen LogP) is 4.07. The Morgan fingerprint density at radius 2 is 1.87 bits per heavy atom. The minimum absolute atomic E-state index is 0. The van der Waals surface area contributed by atoms with Crippen molar-refractivity contribution in [2.24, 2.45) is 4.99 Å². The lowest BCUT2D eigenvalue weighted by molar-refractivity contribution is 0.213. The molecule has 3 rings (SSSR count). The molecule has 1 aromatic carbocycles. The van der Waals surface area contributed by atoms with Crippen LogP contribution in [0.3, 0.4) is 0 Å². The molecule has 0 aliphatic carbocycles. The normalized spacial score (nSPS) is 16.3. The van der Waals surface area contributed by atoms with Crippen LogP contribution < -0.4 is 20.1 Å². The summed E-state index contributed by atoms with van der Waals surface area (Å²) in [5, 5.41) is 6.72. The number of hydrogen-bond acceptors (Lipinski definition) is 5. The highest BCUT2D eigenvalue weighted by Crippen LogP contribution is 2.27. The fourth-order valence-corrected chi connectivity index (χ4v) is 3.65. The Kier molecular flexibility index (Phi) is 11.0. The van der Waals surface area contributed by atoms with E-state index in [1.165, 1.54) is 12.8 Å². The van der Waals surface area contributed by atoms with Gasteiger partial charge in [0.05, 0.1) is 32.5 Å². The van der Waals surface area contributed by atoms with E-state index in [9.17, 15) is 0 Å². The maximum Gasteiger partial charge on any atom is 0.191 e. The average molecular weight is 542 g/mol. The van der Waals surface area contributed by atoms with Gasteiger partial charge in [-0.05, 0) is 64.0 Å². The number of ether oxygens (including phenoxy) is 2. The lowest BCUT2D eigenvalue weighted by atomic mass is 10.2. The number of aliphatic imine (C=N–C) groups is 1. The van der Waals surface area contributed by atoms with E-state index in [1.807, 2.05) is 43.3 Å². The lowest BCUT2D eigenvalue weighted by Gasteiger charge is -2.25. The zero-order valence-corrected chi connectivity index (χ0v) is 21.0. The molecular weight excluding hydrogens is 507 g/mol. The fourth-order valence-electron chi connectivity index (χ4n) is 3.65. The number of furan rings is 1. The Balaban J connectivity index is 0.00000341. The van der Waals surface area contributed by atoms with Gasteiger partial charge in [-0.3, -0.25) is 9.89 Å². The van der Waals surface area contributed by atoms with Gasteiger partial charge in [0.25, 0.3) is 0 Å². The molecule has 8 heteroatoms. The Labute approximate surface area is 202 Å². The van der Waals surface area contributed by atoms with Crippen molar-refractivity contribution in [3.8, 4) is 11.5 Å². The molecule has 1 fully saturated rings. The molecule has 0 radical (unpaired) electrons. The minimum Gasteiger partial charge on any atom is -0.493 e. The highest BCUT2D eigenvalue weighted by atomic mass is 127. The van der Waals surface area contributed by atoms with Crippen LogP contribution in [0.1, 0.15) is 38.5 Å². The molecule has 2 heterocycles. The van der Waals surface area contributed by atoms with Crippen LogP contribution in [0.5, 0.6) is 11.5 Å². The largest absolute Gasteiger partial charge is 0.493 e. The summed E-state index contributed by atoms with van der Waals surface area (Å²) >= 11 is 0. The monoisotopic (exact) mass is 542 g/mol. The number of guanidine groups is 1. The molecule has 31 heavy (non-hydrogen) atoms. The molecule has 2 aromatic rings. The summed E-state index contributed by atoms with van der Waals surface area (Å²) in [6.07, 6.45) is 4.15. The smallest absolute Gasteiger partial charge is 0.191 e. The Morgan fingerprint density at radius 3 is 2.52 bits per heavy atom. The highest BCUT2D eigenvalue weighted by Gasteiger charge is 2.25. The van der Waals surface area contributed by atoms with Crippen molar-refractivity contribution in [1.82, 2.24) is 15.5 Å². The quantitative estimate of drug-likeness (QED) is 0.268. The van der Waals surface area contributed by atoms with Gasteiger partial charge < -0.3 is 24.5 Å². The van der Waals surface area contributed by atoms with Crippen LogP contribution in [0.25, 0.3) is 0 Å². The second-order valence-electron chi connectivity index (χ2n) is 7.45. The molecule has 1 aliphatic heterocycles. The minimum atomic E-state index is -0.0513. The van der Waals surface area contributed by atoms with Crippen molar-refractivity contribution >= 4 is 29.9 Å². The van der Waals surface area contributed by atoms with E-state index in [0.29, 0.717) is 13.1 Å². The Morgan fingerprint density at radius 1 is 1.13 bits per heavy atom. The van der Waals surface area contributed by atoms with Gasteiger partial charge in [0.15, 0.2) is 17.5 Å². The van der Waals surface area contributed by atoms with Crippen LogP contribution in [0.4, 0.5) is 0 Å². The van der Waals surface area contributed by atoms with Crippen LogP contribution in [-0.4, -0.2) is 56.8 Å². The van der Waals surface area contributed by atoms with Gasteiger partial charge in [0.2, 0.25) is 0 Å². The molecule has 2 atom stereocenters. The van der Waals surface area contributed by atoms with Crippen LogP contribution in [0.15, 0.2) is 52.1 Å². The molecular formula is C23H35IN4O3. The van der Waals surface area contributed by atoms with Crippen LogP contribution in [0.2, 0.25) is 0 Å². The van der Waals surface area contributed by atoms with Crippen LogP contribution >= 0.6 is 24.0 Å². The van der Waals surface area contributed by atoms with Gasteiger partial charge in [-0.1, -0.05) is 12.1 Å². The number of benzene rings is 1. The average Bonchev–Trinajstić information content (AvgIpc) is 3.47. The molecule has 0 spiro atoms. The van der Waals surface area contributed by atoms with E-state index in [1.54, 1.807) is 13.4 Å². The first-order chi connectivity index (χ1) is 14.7. The van der Waals surface area contributed by atoms with Gasteiger partial charge in [-0.15, -0.1) is 24.0 Å². The number of nitrogens with zero attached hydrogens (tertiary/aromatic N) is 2. The van der Waals surface area contributed by atoms with Gasteiger partial charge in [0.1, 0.15) is 11.9 Å². The highest BCUT2D eigenvalue weighted by molar-refractivity contribution is 14.0. The van der Waals surface area contributed by atoms with Gasteiger partial charge in [-0.25, -0.2) is 0 Å². The van der Waals surface area contributed by atoms with Crippen LogP contribution in [0, 0.1) is 0 Å². The third kappa shape index (κ3) is 7.60. The number of halogens is 1. The number of rotatable bonds is 10. The first-order valence-electron chi connectivity index (χ1n) is 10.8. The van der Waals surface area contributed by atoms with E-state index in [0.717, 1.165) is 42.9 Å². The number of likely N-dealkylation sites (tertiary alicyclic amines) is 1. The number of hydrogen-bond donors (Lipinski definition) is 2. The van der Waals surface area contributed by atoms with E-state index < -0.39 is 0 Å². The summed E-state index contributed by atoms with van der Waals surface area (Å²) in [6.45, 7) is 8.34. The zero-order chi connectivity index (χ0) is 21.2. The maximum atomic E-state index is 6.04. The van der Waals surface area contributed by atoms with E-state index >= 15 is 0 Å². The first kappa shape index (κ1) is 25.3. The van der Waals surface area contributed by atoms with Crippen LogP contribution in [-0.2, 0) is 0 Å². The molecule has 0 bridgehead atoms. The standard InChI is InChI=1S/C23H34N4O3.HI/c1-4-24-23(25-16-18(2)30-22-11-6-5-10-21(22)28-3)26-17-19(20-12-9-15-29-20)27-13-7-8-14-27;/h5-6,9-12,15,18-19H,4,7-8,13-14,16-17H2,1-3H3,(H2,24,25,26);1H. The van der Waals surface area contributed by atoms with Crippen molar-refractivity contribution in [3.05, 3.63) is 48.4 Å². The second-order valence-corrected chi connectivity index (χ2v) is 7.45. The lowest BCUT2D eigenvalue weighted by Crippen LogP contribution is -2.42. The zero-order valence-electron chi connectivity index (χ0n) is 18.7. The summed E-state index contributed by atoms with van der Waals surface area (Å²) in [5.74, 6) is 3.23. The summed E-state index contributed by atoms with van der Waals surface area (Å²) < 4.78 is 17.1. The summed E-state index contributed by atoms with van der Waals surface area (Å²) in [6, 6.07) is 11.8. The molecule has 172 valence electrons. The van der Waals surface area contributed by atoms with Crippen molar-refractivity contribution < 1.29 is 13.9 Å². The van der Waals surface area contributed by atoms with E-state index in [2.05, 4.69) is 22.5 Å². The molecule has 7 nitrogen and oxygen atoms in total. The van der Waals surface area contributed by atoms with E-state index in [4.69, 9.17) is 18.9 Å². The Hall–Kier alpha value is -1.94. The van der Waals surface area contributed by atoms with Crippen molar-refractivity contribution in [2.75, 3.05) is 39.8 Å². The van der Waals surface area contributed by atoms with Crippen molar-refractivity contribution in [1.29, 1.82) is 0 Å². The predicted molar refractivity (Wildman–Crippen MR) is 135 cm³/mol. The second kappa shape index (κ2) is 13.5. The SMILES string of the molecule is CCNC(=NCC(c1ccco1)N1CCCC1)NCC(C)Oc1ccccc1OC.I. The van der Waals surface area contributed by atoms with Gasteiger partial charge >= 0.3 is 0 Å². The third-order valence-corrected chi connectivity index (χ3v) is 5.17. The summed E-state index contributed by atoms with van der Waals surface area (Å²) in [5.41, 5.74) is 0. The van der Waals surface area contributed by atoms with Crippen molar-refractivity contribution in [2.45, 2.75) is 38.8 Å². The Bertz CT molecular complexity index is 779. The summed E-state index contributed by atoms with van der Waals surface area (Å²) in [7, 11) is 1.65. The van der Waals surface area contributed by atoms with Gasteiger partial charge in [-0.2, -0.15) is 0 Å². The number of para-hydroxylation sites is 2. The molecule has 2 N–H and O–H groups in total. The molecule has 1 aromatic heterocycles. The third-order valence-electron chi connectivity index (χ3n) is 5.17. The fraction of sp³-hybridized carbons (Fsp3) is 0.522. The van der Waals surface area contributed by atoms with E-state index in [-0.39, 0.29) is 36.1 Å². The molecule has 1 saturated heterocycles. The van der Waals surface area contributed by atoms with Crippen molar-refractivity contribution in [3.63, 3.8) is 0 Å². The number of nitrogens with one attached hydrogen (secondary N) is 2. The van der Waals surface area contributed by atoms with Gasteiger partial charge in [0, 0.05) is 6.54 Å². The molecule has 1 aliphatic rings. The first-order valence-corrected chi connectivity index (χ1v) is 10.8. The molecule has 0 amide bonds. The topological polar surface area (TPSA) is 71.3 Å². The summed E-state index contributed by atoms with van der Waals surface area (Å²) in [4.78, 5) is 7.30. The molecule has 0 saturated carbocycles. The molecule has 2 unspecified atom stereocenters. The maximum absolute atomic E-state index is 6.04. The number of methoxy groups -OCH3 is 1.